The number of hydrogen-bond donors (Lipinski definition) is 6. The Morgan fingerprint density at radius 2 is 1.19 bits per heavy atom. The third-order valence-corrected chi connectivity index (χ3v) is 19.8. The van der Waals surface area contributed by atoms with E-state index in [0.717, 1.165) is 22.3 Å². The van der Waals surface area contributed by atoms with Gasteiger partial charge in [-0.2, -0.15) is 0 Å². The van der Waals surface area contributed by atoms with Crippen molar-refractivity contribution in [2.24, 2.45) is 22.7 Å². The van der Waals surface area contributed by atoms with E-state index in [1.54, 1.807) is 71.1 Å². The highest BCUT2D eigenvalue weighted by molar-refractivity contribution is 8.00. The number of nitrogens with one attached hydrogen (secondary N) is 6. The van der Waals surface area contributed by atoms with Crippen LogP contribution in [0.3, 0.4) is 0 Å². The van der Waals surface area contributed by atoms with Gasteiger partial charge in [-0.25, -0.2) is 0 Å². The highest BCUT2D eigenvalue weighted by Gasteiger charge is 2.57. The van der Waals surface area contributed by atoms with Crippen LogP contribution in [-0.2, 0) is 51.2 Å². The van der Waals surface area contributed by atoms with Gasteiger partial charge in [0.25, 0.3) is 0 Å². The Kier molecular flexibility index (Phi) is 18.4. The van der Waals surface area contributed by atoms with E-state index in [9.17, 15) is 38.4 Å². The van der Waals surface area contributed by atoms with Gasteiger partial charge in [-0.15, -0.1) is 23.5 Å². The Labute approximate surface area is 463 Å². The summed E-state index contributed by atoms with van der Waals surface area (Å²) in [6.07, 6.45) is 4.32. The van der Waals surface area contributed by atoms with E-state index in [0.29, 0.717) is 62.9 Å². The summed E-state index contributed by atoms with van der Waals surface area (Å²) >= 11 is 3.26. The van der Waals surface area contributed by atoms with Gasteiger partial charge >= 0.3 is 0 Å². The molecule has 11 atom stereocenters. The Balaban J connectivity index is 0.959. The van der Waals surface area contributed by atoms with Crippen LogP contribution < -0.4 is 31.9 Å². The fourth-order valence-electron chi connectivity index (χ4n) is 12.5. The van der Waals surface area contributed by atoms with Crippen molar-refractivity contribution in [2.75, 3.05) is 58.3 Å². The summed E-state index contributed by atoms with van der Waals surface area (Å²) in [5.74, 6) is -1.91. The molecule has 5 aliphatic heterocycles. The standard InChI is InChI=1S/C57H82N10O8S2/c1-33-14-10-11-15-36(33)18-19-38(32-60-50(70)46-56(4,5)30-43-66(46)54(74)41(22-28-76-43)61-48(68)34(2)58-8)52(72)64-24-26-65(27-25-64)53(73)40-21-20-37-16-12-13-17-39(37)45(40)63-51(71)47-57(6,7)31-44-67(47)55(75)42(23-29-77-44)62-49(69)35(3)59-9/h10-17,34-35,38,40-47,58-59H,18-32H2,1-9H3,(H,60,70)(H,61,68)(H,62,69)(H,63,71)/t34-,35-,38+,40+,41-,42-,43?,44?,45+,46+,47+/m0/s1. The Bertz CT molecular complexity index is 2560. The summed E-state index contributed by atoms with van der Waals surface area (Å²) in [6, 6.07) is 11.1. The first-order chi connectivity index (χ1) is 36.6. The van der Waals surface area contributed by atoms with Gasteiger partial charge in [-0.05, 0) is 131 Å². The average molecular weight is 1100 g/mol. The number of thioether (sulfide) groups is 2. The quantitative estimate of drug-likeness (QED) is 0.143. The minimum absolute atomic E-state index is 0.0584. The average Bonchev–Trinajstić information content (AvgIpc) is 3.73. The Morgan fingerprint density at radius 1 is 0.675 bits per heavy atom. The highest BCUT2D eigenvalue weighted by Crippen LogP contribution is 2.48. The van der Waals surface area contributed by atoms with Crippen molar-refractivity contribution in [3.63, 3.8) is 0 Å². The Morgan fingerprint density at radius 3 is 1.75 bits per heavy atom. The van der Waals surface area contributed by atoms with Crippen LogP contribution in [0.4, 0.5) is 0 Å². The van der Waals surface area contributed by atoms with Crippen LogP contribution in [0.25, 0.3) is 0 Å². The maximum atomic E-state index is 15.0. The highest BCUT2D eigenvalue weighted by atomic mass is 32.2. The number of fused-ring (bicyclic) bond motifs is 3. The predicted molar refractivity (Wildman–Crippen MR) is 299 cm³/mol. The lowest BCUT2D eigenvalue weighted by Crippen LogP contribution is -2.59. The van der Waals surface area contributed by atoms with Gasteiger partial charge in [0, 0.05) is 32.7 Å². The van der Waals surface area contributed by atoms with E-state index in [1.165, 1.54) is 0 Å². The maximum absolute atomic E-state index is 15.0. The molecule has 5 fully saturated rings. The summed E-state index contributed by atoms with van der Waals surface area (Å²) in [5, 5.41) is 17.7. The number of benzene rings is 2. The van der Waals surface area contributed by atoms with Gasteiger partial charge in [-0.1, -0.05) is 76.2 Å². The Hall–Kier alpha value is -5.18. The van der Waals surface area contributed by atoms with Gasteiger partial charge in [0.15, 0.2) is 0 Å². The molecule has 0 aromatic heterocycles. The smallest absolute Gasteiger partial charge is 0.246 e. The van der Waals surface area contributed by atoms with Gasteiger partial charge in [0.2, 0.25) is 47.3 Å². The summed E-state index contributed by atoms with van der Waals surface area (Å²) < 4.78 is 0. The lowest BCUT2D eigenvalue weighted by Gasteiger charge is -2.41. The van der Waals surface area contributed by atoms with Crippen LogP contribution in [0.1, 0.15) is 108 Å². The van der Waals surface area contributed by atoms with Crippen LogP contribution in [0.5, 0.6) is 0 Å². The van der Waals surface area contributed by atoms with Crippen LogP contribution in [0.15, 0.2) is 48.5 Å². The zero-order valence-corrected chi connectivity index (χ0v) is 48.1. The van der Waals surface area contributed by atoms with Gasteiger partial charge < -0.3 is 51.5 Å². The van der Waals surface area contributed by atoms with E-state index >= 15 is 0 Å². The molecule has 77 heavy (non-hydrogen) atoms. The number of carbonyl (C=O) groups excluding carboxylic acids is 8. The van der Waals surface area contributed by atoms with Gasteiger partial charge in [0.1, 0.15) is 24.2 Å². The monoisotopic (exact) mass is 1100 g/mol. The molecule has 0 radical (unpaired) electrons. The van der Waals surface area contributed by atoms with Crippen molar-refractivity contribution >= 4 is 70.8 Å². The summed E-state index contributed by atoms with van der Waals surface area (Å²) in [4.78, 5) is 121. The molecule has 2 aromatic rings. The molecule has 5 heterocycles. The summed E-state index contributed by atoms with van der Waals surface area (Å²) in [5.41, 5.74) is 2.95. The normalized spacial score (nSPS) is 27.9. The number of aryl methyl sites for hydroxylation is 3. The van der Waals surface area contributed by atoms with Crippen LogP contribution in [0, 0.1) is 29.6 Å². The number of piperazine rings is 1. The summed E-state index contributed by atoms with van der Waals surface area (Å²) in [6.45, 7) is 14.7. The molecular formula is C57H82N10O8S2. The van der Waals surface area contributed by atoms with Crippen molar-refractivity contribution in [2.45, 2.75) is 153 Å². The van der Waals surface area contributed by atoms with E-state index in [1.807, 2.05) is 77.1 Å². The SMILES string of the molecule is CN[C@@H](C)C(=O)N[C@H]1CCSC2CC(C)(C)[C@@H](C(=O)NC[C@@H](CCc3ccccc3C)C(=O)N3CCN(C(=O)[C@@H]4CCc5ccccc5[C@H]4NC(=O)[C@H]4N5C(=O)[C@@H](NC(=O)[C@H](C)NC)CCSC5CC4(C)C)CC3)N2C1=O. The van der Waals surface area contributed by atoms with Crippen molar-refractivity contribution < 1.29 is 38.4 Å². The number of likely N-dealkylation sites (N-methyl/N-ethyl adjacent to an activating group) is 2. The molecule has 5 saturated heterocycles. The zero-order valence-electron chi connectivity index (χ0n) is 46.4. The van der Waals surface area contributed by atoms with E-state index in [-0.39, 0.29) is 90.7 Å². The molecule has 6 aliphatic rings. The van der Waals surface area contributed by atoms with E-state index in [4.69, 9.17) is 0 Å². The van der Waals surface area contributed by atoms with Crippen LogP contribution in [-0.4, -0.2) is 172 Å². The third-order valence-electron chi connectivity index (χ3n) is 17.3. The molecule has 0 saturated carbocycles. The molecule has 20 heteroatoms. The second-order valence-electron chi connectivity index (χ2n) is 23.4. The van der Waals surface area contributed by atoms with E-state index in [2.05, 4.69) is 38.0 Å². The molecule has 0 spiro atoms. The lowest BCUT2D eigenvalue weighted by molar-refractivity contribution is -0.147. The molecule has 6 N–H and O–H groups in total. The number of amides is 8. The first kappa shape index (κ1) is 58.0. The lowest BCUT2D eigenvalue weighted by atomic mass is 9.78. The second kappa shape index (κ2) is 24.5. The van der Waals surface area contributed by atoms with Crippen molar-refractivity contribution in [1.29, 1.82) is 0 Å². The molecule has 1 aliphatic carbocycles. The third kappa shape index (κ3) is 12.5. The molecule has 18 nitrogen and oxygen atoms in total. The first-order valence-electron chi connectivity index (χ1n) is 27.8. The molecule has 8 amide bonds. The molecule has 8 rings (SSSR count). The molecule has 2 unspecified atom stereocenters. The molecule has 0 bridgehead atoms. The van der Waals surface area contributed by atoms with Crippen molar-refractivity contribution in [3.8, 4) is 0 Å². The topological polar surface area (TPSA) is 222 Å². The fourth-order valence-corrected chi connectivity index (χ4v) is 15.6. The minimum Gasteiger partial charge on any atom is -0.353 e. The molecule has 420 valence electrons. The fraction of sp³-hybridized carbons (Fsp3) is 0.649. The van der Waals surface area contributed by atoms with Crippen LogP contribution in [0.2, 0.25) is 0 Å². The van der Waals surface area contributed by atoms with Crippen molar-refractivity contribution in [1.82, 2.24) is 51.5 Å². The number of rotatable bonds is 16. The number of nitrogens with zero attached hydrogens (tertiary/aromatic N) is 4. The maximum Gasteiger partial charge on any atom is 0.246 e. The predicted octanol–water partition coefficient (Wildman–Crippen LogP) is 3.12. The number of carbonyl (C=O) groups is 8. The molecule has 2 aromatic carbocycles. The number of hydrogen-bond acceptors (Lipinski definition) is 12. The molecular weight excluding hydrogens is 1020 g/mol. The summed E-state index contributed by atoms with van der Waals surface area (Å²) in [7, 11) is 3.37. The second-order valence-corrected chi connectivity index (χ2v) is 26.0. The van der Waals surface area contributed by atoms with Crippen LogP contribution >= 0.6 is 23.5 Å². The van der Waals surface area contributed by atoms with Gasteiger partial charge in [-0.3, -0.25) is 38.4 Å². The van der Waals surface area contributed by atoms with Gasteiger partial charge in [0.05, 0.1) is 40.7 Å². The zero-order chi connectivity index (χ0) is 55.5. The van der Waals surface area contributed by atoms with Crippen molar-refractivity contribution in [3.05, 3.63) is 70.8 Å². The minimum atomic E-state index is -0.842. The largest absolute Gasteiger partial charge is 0.353 e. The van der Waals surface area contributed by atoms with E-state index < -0.39 is 65.0 Å². The first-order valence-corrected chi connectivity index (χ1v) is 29.9.